The number of aromatic nitrogens is 2. The van der Waals surface area contributed by atoms with Crippen molar-refractivity contribution in [3.63, 3.8) is 0 Å². The van der Waals surface area contributed by atoms with E-state index in [4.69, 9.17) is 4.74 Å². The van der Waals surface area contributed by atoms with E-state index in [0.29, 0.717) is 12.5 Å². The molecular weight excluding hydrogens is 252 g/mol. The molecule has 0 atom stereocenters. The average Bonchev–Trinajstić information content (AvgIpc) is 2.45. The van der Waals surface area contributed by atoms with E-state index in [-0.39, 0.29) is 0 Å². The zero-order valence-electron chi connectivity index (χ0n) is 12.9. The maximum absolute atomic E-state index is 5.52. The third kappa shape index (κ3) is 4.07. The fourth-order valence-electron chi connectivity index (χ4n) is 2.67. The molecule has 1 N–H and O–H groups in total. The van der Waals surface area contributed by atoms with Crippen molar-refractivity contribution in [1.29, 1.82) is 0 Å². The van der Waals surface area contributed by atoms with Gasteiger partial charge >= 0.3 is 0 Å². The summed E-state index contributed by atoms with van der Waals surface area (Å²) in [7, 11) is 0. The second-order valence-electron chi connectivity index (χ2n) is 5.28. The first-order chi connectivity index (χ1) is 9.72. The summed E-state index contributed by atoms with van der Waals surface area (Å²) in [6.07, 6.45) is 2.50. The van der Waals surface area contributed by atoms with Crippen molar-refractivity contribution in [1.82, 2.24) is 15.3 Å². The van der Waals surface area contributed by atoms with Crippen molar-refractivity contribution in [3.05, 3.63) is 11.9 Å². The van der Waals surface area contributed by atoms with E-state index >= 15 is 0 Å². The van der Waals surface area contributed by atoms with Crippen LogP contribution in [-0.4, -0.2) is 42.8 Å². The van der Waals surface area contributed by atoms with Crippen LogP contribution in [0, 0.1) is 12.8 Å². The minimum atomic E-state index is 0.635. The monoisotopic (exact) mass is 278 g/mol. The summed E-state index contributed by atoms with van der Waals surface area (Å²) in [5.74, 6) is 3.19. The molecule has 1 fully saturated rings. The Balaban J connectivity index is 2.09. The summed E-state index contributed by atoms with van der Waals surface area (Å²) in [5, 5.41) is 3.42. The first kappa shape index (κ1) is 15.0. The van der Waals surface area contributed by atoms with E-state index < -0.39 is 0 Å². The van der Waals surface area contributed by atoms with Crippen LogP contribution in [0.2, 0.25) is 0 Å². The molecule has 5 nitrogen and oxygen atoms in total. The van der Waals surface area contributed by atoms with Gasteiger partial charge in [-0.1, -0.05) is 0 Å². The van der Waals surface area contributed by atoms with Gasteiger partial charge < -0.3 is 15.0 Å². The lowest BCUT2D eigenvalue weighted by Gasteiger charge is -2.30. The predicted octanol–water partition coefficient (Wildman–Crippen LogP) is 2.01. The maximum Gasteiger partial charge on any atom is 0.218 e. The van der Waals surface area contributed by atoms with Crippen molar-refractivity contribution < 1.29 is 4.74 Å². The Morgan fingerprint density at radius 3 is 2.70 bits per heavy atom. The minimum Gasteiger partial charge on any atom is -0.478 e. The molecule has 20 heavy (non-hydrogen) atoms. The highest BCUT2D eigenvalue weighted by molar-refractivity contribution is 5.41. The summed E-state index contributed by atoms with van der Waals surface area (Å²) in [6.45, 7) is 11.0. The molecule has 1 saturated heterocycles. The Kier molecular flexibility index (Phi) is 5.59. The highest BCUT2D eigenvalue weighted by Crippen LogP contribution is 2.21. The molecule has 0 unspecified atom stereocenters. The van der Waals surface area contributed by atoms with Crippen molar-refractivity contribution in [2.45, 2.75) is 33.6 Å². The van der Waals surface area contributed by atoms with Gasteiger partial charge in [0.25, 0.3) is 0 Å². The van der Waals surface area contributed by atoms with Gasteiger partial charge in [-0.3, -0.25) is 0 Å². The van der Waals surface area contributed by atoms with Crippen molar-refractivity contribution in [3.8, 4) is 5.88 Å². The van der Waals surface area contributed by atoms with Crippen LogP contribution < -0.4 is 15.0 Å². The van der Waals surface area contributed by atoms with Gasteiger partial charge in [0.05, 0.1) is 6.61 Å². The minimum absolute atomic E-state index is 0.635. The lowest BCUT2D eigenvalue weighted by molar-refractivity contribution is 0.325. The fraction of sp³-hybridized carbons (Fsp3) is 0.733. The number of hydrogen-bond donors (Lipinski definition) is 1. The Hall–Kier alpha value is -1.36. The highest BCUT2D eigenvalue weighted by Gasteiger charge is 2.18. The van der Waals surface area contributed by atoms with Crippen LogP contribution in [0.4, 0.5) is 5.82 Å². The largest absolute Gasteiger partial charge is 0.478 e. The molecular formula is C15H26N4O. The van der Waals surface area contributed by atoms with E-state index in [1.807, 2.05) is 19.9 Å². The van der Waals surface area contributed by atoms with Crippen molar-refractivity contribution in [2.24, 2.45) is 5.92 Å². The summed E-state index contributed by atoms with van der Waals surface area (Å²) in [6, 6.07) is 1.96. The van der Waals surface area contributed by atoms with Crippen LogP contribution in [0.15, 0.2) is 6.07 Å². The molecule has 1 aliphatic heterocycles. The lowest BCUT2D eigenvalue weighted by atomic mass is 9.97. The van der Waals surface area contributed by atoms with Gasteiger partial charge in [-0.25, -0.2) is 4.98 Å². The summed E-state index contributed by atoms with van der Waals surface area (Å²) in [4.78, 5) is 11.2. The quantitative estimate of drug-likeness (QED) is 0.862. The van der Waals surface area contributed by atoms with Crippen LogP contribution in [0.25, 0.3) is 0 Å². The van der Waals surface area contributed by atoms with Gasteiger partial charge in [-0.05, 0) is 52.6 Å². The van der Waals surface area contributed by atoms with E-state index in [1.54, 1.807) is 0 Å². The molecule has 0 aromatic carbocycles. The van der Waals surface area contributed by atoms with E-state index in [2.05, 4.69) is 27.1 Å². The maximum atomic E-state index is 5.52. The summed E-state index contributed by atoms with van der Waals surface area (Å²) in [5.41, 5.74) is 0. The average molecular weight is 278 g/mol. The molecule has 1 aromatic rings. The van der Waals surface area contributed by atoms with Gasteiger partial charge in [0.15, 0.2) is 0 Å². The second kappa shape index (κ2) is 7.43. The molecule has 0 saturated carbocycles. The van der Waals surface area contributed by atoms with Crippen LogP contribution in [0.5, 0.6) is 5.88 Å². The van der Waals surface area contributed by atoms with Gasteiger partial charge in [0, 0.05) is 19.2 Å². The zero-order valence-corrected chi connectivity index (χ0v) is 12.9. The second-order valence-corrected chi connectivity index (χ2v) is 5.28. The van der Waals surface area contributed by atoms with Crippen LogP contribution >= 0.6 is 0 Å². The number of aryl methyl sites for hydroxylation is 1. The smallest absolute Gasteiger partial charge is 0.218 e. The number of piperidine rings is 1. The van der Waals surface area contributed by atoms with E-state index in [0.717, 1.165) is 43.7 Å². The van der Waals surface area contributed by atoms with Crippen LogP contribution in [-0.2, 0) is 0 Å². The highest BCUT2D eigenvalue weighted by atomic mass is 16.5. The predicted molar refractivity (Wildman–Crippen MR) is 81.4 cm³/mol. The molecule has 2 heterocycles. The molecule has 0 aliphatic carbocycles. The number of hydrogen-bond acceptors (Lipinski definition) is 5. The van der Waals surface area contributed by atoms with Gasteiger partial charge in [0.2, 0.25) is 5.88 Å². The summed E-state index contributed by atoms with van der Waals surface area (Å²) < 4.78 is 5.52. The number of nitrogens with zero attached hydrogens (tertiary/aromatic N) is 3. The number of nitrogens with one attached hydrogen (secondary N) is 1. The number of ether oxygens (including phenoxy) is 1. The summed E-state index contributed by atoms with van der Waals surface area (Å²) >= 11 is 0. The lowest BCUT2D eigenvalue weighted by Crippen LogP contribution is -2.36. The normalized spacial score (nSPS) is 16.1. The molecule has 2 rings (SSSR count). The first-order valence-electron chi connectivity index (χ1n) is 7.67. The van der Waals surface area contributed by atoms with Crippen LogP contribution in [0.3, 0.4) is 0 Å². The number of anilines is 1. The Morgan fingerprint density at radius 1 is 1.30 bits per heavy atom. The molecule has 112 valence electrons. The third-order valence-electron chi connectivity index (χ3n) is 3.74. The van der Waals surface area contributed by atoms with Gasteiger partial charge in [0.1, 0.15) is 11.6 Å². The van der Waals surface area contributed by atoms with Crippen LogP contribution in [0.1, 0.15) is 32.5 Å². The van der Waals surface area contributed by atoms with Gasteiger partial charge in [-0.2, -0.15) is 4.98 Å². The number of rotatable bonds is 6. The van der Waals surface area contributed by atoms with Crippen molar-refractivity contribution >= 4 is 5.82 Å². The zero-order chi connectivity index (χ0) is 14.4. The Morgan fingerprint density at radius 2 is 2.05 bits per heavy atom. The Bertz CT molecular complexity index is 418. The van der Waals surface area contributed by atoms with E-state index in [1.165, 1.54) is 12.8 Å². The molecule has 1 aromatic heterocycles. The third-order valence-corrected chi connectivity index (χ3v) is 3.74. The molecule has 0 bridgehead atoms. The molecule has 0 radical (unpaired) electrons. The first-order valence-corrected chi connectivity index (χ1v) is 7.67. The molecule has 5 heteroatoms. The standard InChI is InChI=1S/C15H26N4O/c1-4-19(11-13-6-8-16-9-7-13)14-10-15(20-5-2)18-12(3)17-14/h10,13,16H,4-9,11H2,1-3H3. The van der Waals surface area contributed by atoms with Gasteiger partial charge in [-0.15, -0.1) is 0 Å². The molecule has 0 amide bonds. The van der Waals surface area contributed by atoms with Crippen molar-refractivity contribution in [2.75, 3.05) is 37.7 Å². The van der Waals surface area contributed by atoms with E-state index in [9.17, 15) is 0 Å². The molecule has 0 spiro atoms. The topological polar surface area (TPSA) is 50.3 Å². The SMILES string of the molecule is CCOc1cc(N(CC)CC2CCNCC2)nc(C)n1. The molecule has 1 aliphatic rings. The fourth-order valence-corrected chi connectivity index (χ4v) is 2.67. The Labute approximate surface area is 121 Å².